The van der Waals surface area contributed by atoms with E-state index in [2.05, 4.69) is 26.8 Å². The lowest BCUT2D eigenvalue weighted by molar-refractivity contribution is -0.122. The van der Waals surface area contributed by atoms with Crippen LogP contribution in [0.5, 0.6) is 0 Å². The molecule has 0 spiro atoms. The average Bonchev–Trinajstić information content (AvgIpc) is 1.96. The van der Waals surface area contributed by atoms with Gasteiger partial charge in [-0.3, -0.25) is 4.79 Å². The quantitative estimate of drug-likeness (QED) is 0.547. The van der Waals surface area contributed by atoms with E-state index in [0.717, 1.165) is 6.42 Å². The highest BCUT2D eigenvalue weighted by Gasteiger charge is 2.28. The molecule has 0 saturated carbocycles. The Hall–Kier alpha value is -0.590. The molecular weight excluding hydrogens is 148 g/mol. The van der Waals surface area contributed by atoms with Gasteiger partial charge in [0.05, 0.1) is 0 Å². The fourth-order valence-corrected chi connectivity index (χ4v) is 2.11. The molecule has 3 atom stereocenters. The Morgan fingerprint density at radius 1 is 1.50 bits per heavy atom. The Kier molecular flexibility index (Phi) is 2.71. The van der Waals surface area contributed by atoms with Crippen molar-refractivity contribution in [2.45, 2.75) is 34.1 Å². The Labute approximate surface area is 74.9 Å². The number of hydrogen-bond acceptors (Lipinski definition) is 1. The molecule has 0 N–H and O–H groups in total. The van der Waals surface area contributed by atoms with Crippen LogP contribution in [0.15, 0.2) is 11.6 Å². The van der Waals surface area contributed by atoms with Gasteiger partial charge in [0, 0.05) is 5.92 Å². The highest BCUT2D eigenvalue weighted by atomic mass is 16.1. The maximum absolute atomic E-state index is 11.3. The largest absolute Gasteiger partial charge is 0.300 e. The van der Waals surface area contributed by atoms with Crippen LogP contribution in [-0.2, 0) is 4.79 Å². The van der Waals surface area contributed by atoms with Crippen molar-refractivity contribution in [3.63, 3.8) is 0 Å². The standard InChI is InChI=1S/C11H18O/c1-7-5-8(2)9(3)11(6-7)10(4)12/h5,7,9,11H,6H2,1-4H3. The second-order valence-electron chi connectivity index (χ2n) is 4.13. The topological polar surface area (TPSA) is 17.1 Å². The third kappa shape index (κ3) is 1.77. The summed E-state index contributed by atoms with van der Waals surface area (Å²) in [5.74, 6) is 1.65. The van der Waals surface area contributed by atoms with Gasteiger partial charge in [-0.05, 0) is 32.1 Å². The van der Waals surface area contributed by atoms with E-state index in [9.17, 15) is 4.79 Å². The highest BCUT2D eigenvalue weighted by molar-refractivity contribution is 5.79. The molecule has 0 amide bonds. The van der Waals surface area contributed by atoms with Crippen LogP contribution in [0.2, 0.25) is 0 Å². The van der Waals surface area contributed by atoms with E-state index in [-0.39, 0.29) is 5.92 Å². The lowest BCUT2D eigenvalue weighted by Gasteiger charge is -2.29. The van der Waals surface area contributed by atoms with Crippen molar-refractivity contribution in [2.75, 3.05) is 0 Å². The predicted octanol–water partition coefficient (Wildman–Crippen LogP) is 2.81. The molecule has 0 saturated heterocycles. The summed E-state index contributed by atoms with van der Waals surface area (Å²) in [6.07, 6.45) is 3.33. The van der Waals surface area contributed by atoms with Gasteiger partial charge in [-0.15, -0.1) is 0 Å². The fourth-order valence-electron chi connectivity index (χ4n) is 2.11. The number of carbonyl (C=O) groups is 1. The molecular formula is C11H18O. The summed E-state index contributed by atoms with van der Waals surface area (Å²) in [6.45, 7) is 8.19. The molecule has 0 aromatic rings. The van der Waals surface area contributed by atoms with Crippen molar-refractivity contribution in [3.8, 4) is 0 Å². The zero-order chi connectivity index (χ0) is 9.30. The summed E-state index contributed by atoms with van der Waals surface area (Å²) < 4.78 is 0. The van der Waals surface area contributed by atoms with Gasteiger partial charge in [0.15, 0.2) is 0 Å². The Balaban J connectivity index is 2.81. The van der Waals surface area contributed by atoms with Crippen LogP contribution in [0.1, 0.15) is 34.1 Å². The van der Waals surface area contributed by atoms with E-state index in [1.165, 1.54) is 5.57 Å². The van der Waals surface area contributed by atoms with Crippen LogP contribution >= 0.6 is 0 Å². The van der Waals surface area contributed by atoms with Crippen LogP contribution in [0.4, 0.5) is 0 Å². The Morgan fingerprint density at radius 2 is 2.08 bits per heavy atom. The third-order valence-corrected chi connectivity index (χ3v) is 3.02. The Bertz CT molecular complexity index is 215. The number of allylic oxidation sites excluding steroid dienone is 2. The maximum atomic E-state index is 11.3. The van der Waals surface area contributed by atoms with Gasteiger partial charge in [-0.2, -0.15) is 0 Å². The normalized spacial score (nSPS) is 36.0. The van der Waals surface area contributed by atoms with Crippen LogP contribution in [0, 0.1) is 17.8 Å². The van der Waals surface area contributed by atoms with Gasteiger partial charge in [0.1, 0.15) is 5.78 Å². The predicted molar refractivity (Wildman–Crippen MR) is 50.9 cm³/mol. The van der Waals surface area contributed by atoms with Crippen LogP contribution in [-0.4, -0.2) is 5.78 Å². The minimum Gasteiger partial charge on any atom is -0.300 e. The van der Waals surface area contributed by atoms with Crippen molar-refractivity contribution < 1.29 is 4.79 Å². The second-order valence-corrected chi connectivity index (χ2v) is 4.13. The molecule has 0 radical (unpaired) electrons. The molecule has 0 aromatic carbocycles. The summed E-state index contributed by atoms with van der Waals surface area (Å²) in [5.41, 5.74) is 1.38. The molecule has 0 bridgehead atoms. The van der Waals surface area contributed by atoms with E-state index in [4.69, 9.17) is 0 Å². The van der Waals surface area contributed by atoms with E-state index in [1.807, 2.05) is 0 Å². The highest BCUT2D eigenvalue weighted by Crippen LogP contribution is 2.33. The molecule has 1 rings (SSSR count). The number of hydrogen-bond donors (Lipinski definition) is 0. The molecule has 3 unspecified atom stereocenters. The SMILES string of the molecule is CC(=O)C1CC(C)C=C(C)C1C. The minimum absolute atomic E-state index is 0.269. The monoisotopic (exact) mass is 166 g/mol. The summed E-state index contributed by atoms with van der Waals surface area (Å²) in [5, 5.41) is 0. The lowest BCUT2D eigenvalue weighted by atomic mass is 9.74. The molecule has 1 nitrogen and oxygen atoms in total. The molecule has 1 heteroatoms. The van der Waals surface area contributed by atoms with Crippen molar-refractivity contribution >= 4 is 5.78 Å². The number of carbonyl (C=O) groups excluding carboxylic acids is 1. The number of ketones is 1. The van der Waals surface area contributed by atoms with Crippen LogP contribution in [0.25, 0.3) is 0 Å². The third-order valence-electron chi connectivity index (χ3n) is 3.02. The molecule has 0 aromatic heterocycles. The number of rotatable bonds is 1. The molecule has 0 aliphatic heterocycles. The smallest absolute Gasteiger partial charge is 0.133 e. The molecule has 1 aliphatic carbocycles. The van der Waals surface area contributed by atoms with Gasteiger partial charge < -0.3 is 0 Å². The maximum Gasteiger partial charge on any atom is 0.133 e. The van der Waals surface area contributed by atoms with E-state index in [0.29, 0.717) is 17.6 Å². The van der Waals surface area contributed by atoms with Gasteiger partial charge in [-0.25, -0.2) is 0 Å². The fraction of sp³-hybridized carbons (Fsp3) is 0.727. The summed E-state index contributed by atoms with van der Waals surface area (Å²) >= 11 is 0. The first kappa shape index (κ1) is 9.50. The molecule has 0 heterocycles. The van der Waals surface area contributed by atoms with Gasteiger partial charge in [0.25, 0.3) is 0 Å². The van der Waals surface area contributed by atoms with Gasteiger partial charge in [0.2, 0.25) is 0 Å². The minimum atomic E-state index is 0.269. The average molecular weight is 166 g/mol. The molecule has 0 fully saturated rings. The molecule has 1 aliphatic rings. The zero-order valence-corrected chi connectivity index (χ0v) is 8.42. The Morgan fingerprint density at radius 3 is 2.58 bits per heavy atom. The first-order chi connectivity index (χ1) is 5.52. The van der Waals surface area contributed by atoms with Crippen molar-refractivity contribution in [1.29, 1.82) is 0 Å². The van der Waals surface area contributed by atoms with E-state index >= 15 is 0 Å². The van der Waals surface area contributed by atoms with Crippen molar-refractivity contribution in [1.82, 2.24) is 0 Å². The summed E-state index contributed by atoms with van der Waals surface area (Å²) in [4.78, 5) is 11.3. The lowest BCUT2D eigenvalue weighted by Crippen LogP contribution is -2.26. The van der Waals surface area contributed by atoms with Gasteiger partial charge >= 0.3 is 0 Å². The van der Waals surface area contributed by atoms with Gasteiger partial charge in [-0.1, -0.05) is 25.5 Å². The summed E-state index contributed by atoms with van der Waals surface area (Å²) in [7, 11) is 0. The number of Topliss-reactive ketones (excluding diaryl/α,β-unsaturated/α-hetero) is 1. The first-order valence-corrected chi connectivity index (χ1v) is 4.71. The van der Waals surface area contributed by atoms with Crippen molar-refractivity contribution in [2.24, 2.45) is 17.8 Å². The van der Waals surface area contributed by atoms with E-state index in [1.54, 1.807) is 6.92 Å². The van der Waals surface area contributed by atoms with Crippen LogP contribution < -0.4 is 0 Å². The van der Waals surface area contributed by atoms with Crippen LogP contribution in [0.3, 0.4) is 0 Å². The molecule has 68 valence electrons. The summed E-state index contributed by atoms with van der Waals surface area (Å²) in [6, 6.07) is 0. The van der Waals surface area contributed by atoms with Crippen molar-refractivity contribution in [3.05, 3.63) is 11.6 Å². The molecule has 12 heavy (non-hydrogen) atoms. The first-order valence-electron chi connectivity index (χ1n) is 4.71. The zero-order valence-electron chi connectivity index (χ0n) is 8.42. The second kappa shape index (κ2) is 3.42. The van der Waals surface area contributed by atoms with E-state index < -0.39 is 0 Å².